The van der Waals surface area contributed by atoms with Gasteiger partial charge in [0.15, 0.2) is 0 Å². The summed E-state index contributed by atoms with van der Waals surface area (Å²) in [5.41, 5.74) is -1.06. The molecular weight excluding hydrogens is 256 g/mol. The first-order chi connectivity index (χ1) is 8.94. The molecule has 0 spiro atoms. The Bertz CT molecular complexity index is 380. The van der Waals surface area contributed by atoms with Crippen LogP contribution in [0.1, 0.15) is 48.0 Å². The highest BCUT2D eigenvalue weighted by molar-refractivity contribution is 5.82. The van der Waals surface area contributed by atoms with Gasteiger partial charge in [-0.1, -0.05) is 12.2 Å². The minimum absolute atomic E-state index is 0.346. The van der Waals surface area contributed by atoms with Crippen LogP contribution in [0.5, 0.6) is 0 Å². The van der Waals surface area contributed by atoms with Crippen molar-refractivity contribution >= 4 is 11.9 Å². The van der Waals surface area contributed by atoms with Crippen molar-refractivity contribution in [3.05, 3.63) is 24.8 Å². The molecule has 0 saturated carbocycles. The fraction of sp³-hybridized carbons (Fsp3) is 0.625. The summed E-state index contributed by atoms with van der Waals surface area (Å²) < 4.78 is 10.4. The molecule has 20 heavy (non-hydrogen) atoms. The summed E-state index contributed by atoms with van der Waals surface area (Å²) in [6.07, 6.45) is 4.81. The number of hydrogen-bond donors (Lipinski definition) is 0. The Labute approximate surface area is 121 Å². The van der Waals surface area contributed by atoms with Crippen molar-refractivity contribution in [2.24, 2.45) is 5.92 Å². The maximum absolute atomic E-state index is 11.9. The minimum atomic E-state index is -0.535. The van der Waals surface area contributed by atoms with Gasteiger partial charge in [-0.15, -0.1) is 6.58 Å². The van der Waals surface area contributed by atoms with Crippen molar-refractivity contribution in [2.45, 2.75) is 59.2 Å². The lowest BCUT2D eigenvalue weighted by Crippen LogP contribution is -2.27. The van der Waals surface area contributed by atoms with Gasteiger partial charge in [0.05, 0.1) is 5.92 Å². The maximum atomic E-state index is 11.9. The normalized spacial score (nSPS) is 13.9. The summed E-state index contributed by atoms with van der Waals surface area (Å²) in [6.45, 7) is 14.4. The van der Waals surface area contributed by atoms with E-state index in [2.05, 4.69) is 6.58 Å². The zero-order valence-electron chi connectivity index (χ0n) is 13.4. The average Bonchev–Trinajstić information content (AvgIpc) is 2.18. The molecule has 0 aliphatic rings. The van der Waals surface area contributed by atoms with Crippen LogP contribution < -0.4 is 0 Å². The van der Waals surface area contributed by atoms with Crippen LogP contribution in [0.4, 0.5) is 0 Å². The van der Waals surface area contributed by atoms with Crippen LogP contribution in [0.3, 0.4) is 0 Å². The van der Waals surface area contributed by atoms with Crippen molar-refractivity contribution in [2.75, 3.05) is 0 Å². The van der Waals surface area contributed by atoms with E-state index >= 15 is 0 Å². The third-order valence-electron chi connectivity index (χ3n) is 2.04. The van der Waals surface area contributed by atoms with Crippen LogP contribution in [0.2, 0.25) is 0 Å². The molecule has 0 aromatic heterocycles. The van der Waals surface area contributed by atoms with Crippen LogP contribution in [0.25, 0.3) is 0 Å². The fourth-order valence-corrected chi connectivity index (χ4v) is 1.31. The zero-order valence-corrected chi connectivity index (χ0v) is 13.4. The Balaban J connectivity index is 4.42. The van der Waals surface area contributed by atoms with Crippen molar-refractivity contribution in [1.82, 2.24) is 0 Å². The quantitative estimate of drug-likeness (QED) is 0.440. The van der Waals surface area contributed by atoms with Gasteiger partial charge in [-0.05, 0) is 48.0 Å². The van der Waals surface area contributed by atoms with Gasteiger partial charge in [-0.3, -0.25) is 4.79 Å². The molecular formula is C16H26O4. The van der Waals surface area contributed by atoms with Gasteiger partial charge in [0.25, 0.3) is 0 Å². The van der Waals surface area contributed by atoms with E-state index in [0.29, 0.717) is 6.42 Å². The standard InChI is InChI=1S/C16H26O4/c1-8-12(14(18)20-16(5,6)7)10-9-11-13(17)19-15(2,3)4/h8-9,11-12H,1,10H2,2-7H3/b11-9+. The third kappa shape index (κ3) is 9.36. The van der Waals surface area contributed by atoms with Crippen LogP contribution in [0.15, 0.2) is 24.8 Å². The summed E-state index contributed by atoms with van der Waals surface area (Å²) in [5.74, 6) is -1.24. The van der Waals surface area contributed by atoms with Gasteiger partial charge in [0.2, 0.25) is 0 Å². The Morgan fingerprint density at radius 1 is 1.05 bits per heavy atom. The predicted molar refractivity (Wildman–Crippen MR) is 79.1 cm³/mol. The Kier molecular flexibility index (Phi) is 6.69. The van der Waals surface area contributed by atoms with Gasteiger partial charge < -0.3 is 9.47 Å². The molecule has 0 N–H and O–H groups in total. The molecule has 1 unspecified atom stereocenters. The second-order valence-electron chi connectivity index (χ2n) is 6.55. The summed E-state index contributed by atoms with van der Waals surface area (Å²) >= 11 is 0. The number of rotatable bonds is 5. The van der Waals surface area contributed by atoms with Crippen molar-refractivity contribution in [1.29, 1.82) is 0 Å². The fourth-order valence-electron chi connectivity index (χ4n) is 1.31. The molecule has 4 heteroatoms. The molecule has 0 rings (SSSR count). The topological polar surface area (TPSA) is 52.6 Å². The lowest BCUT2D eigenvalue weighted by molar-refractivity contribution is -0.158. The van der Waals surface area contributed by atoms with E-state index in [0.717, 1.165) is 0 Å². The van der Waals surface area contributed by atoms with Crippen LogP contribution in [-0.2, 0) is 19.1 Å². The highest BCUT2D eigenvalue weighted by atomic mass is 16.6. The first kappa shape index (κ1) is 18.4. The molecule has 0 aliphatic heterocycles. The lowest BCUT2D eigenvalue weighted by Gasteiger charge is -2.22. The Hall–Kier alpha value is -1.58. The molecule has 0 aromatic rings. The Morgan fingerprint density at radius 2 is 1.55 bits per heavy atom. The first-order valence-electron chi connectivity index (χ1n) is 6.69. The third-order valence-corrected chi connectivity index (χ3v) is 2.04. The van der Waals surface area contributed by atoms with Crippen LogP contribution in [-0.4, -0.2) is 23.1 Å². The van der Waals surface area contributed by atoms with Crippen LogP contribution >= 0.6 is 0 Å². The summed E-state index contributed by atoms with van der Waals surface area (Å²) in [4.78, 5) is 23.3. The predicted octanol–water partition coefficient (Wildman–Crippen LogP) is 3.42. The summed E-state index contributed by atoms with van der Waals surface area (Å²) in [5, 5.41) is 0. The summed E-state index contributed by atoms with van der Waals surface area (Å²) in [7, 11) is 0. The van der Waals surface area contributed by atoms with E-state index in [9.17, 15) is 9.59 Å². The number of carbonyl (C=O) groups is 2. The van der Waals surface area contributed by atoms with Gasteiger partial charge in [-0.2, -0.15) is 0 Å². The largest absolute Gasteiger partial charge is 0.460 e. The SMILES string of the molecule is C=CC(C/C=C/C(=O)OC(C)(C)C)C(=O)OC(C)(C)C. The zero-order chi connectivity index (χ0) is 16.0. The van der Waals surface area contributed by atoms with Crippen molar-refractivity contribution in [3.63, 3.8) is 0 Å². The molecule has 1 atom stereocenters. The van der Waals surface area contributed by atoms with E-state index in [1.54, 1.807) is 26.8 Å². The molecule has 114 valence electrons. The van der Waals surface area contributed by atoms with Crippen molar-refractivity contribution in [3.8, 4) is 0 Å². The van der Waals surface area contributed by atoms with Crippen molar-refractivity contribution < 1.29 is 19.1 Å². The van der Waals surface area contributed by atoms with E-state index in [4.69, 9.17) is 9.47 Å². The smallest absolute Gasteiger partial charge is 0.330 e. The molecule has 4 nitrogen and oxygen atoms in total. The van der Waals surface area contributed by atoms with Gasteiger partial charge in [-0.25, -0.2) is 4.79 Å². The monoisotopic (exact) mass is 282 g/mol. The molecule has 0 amide bonds. The molecule has 0 saturated heterocycles. The van der Waals surface area contributed by atoms with E-state index < -0.39 is 23.1 Å². The highest BCUT2D eigenvalue weighted by Gasteiger charge is 2.22. The number of carbonyl (C=O) groups excluding carboxylic acids is 2. The number of allylic oxidation sites excluding steroid dienone is 1. The molecule has 0 radical (unpaired) electrons. The number of hydrogen-bond acceptors (Lipinski definition) is 4. The summed E-state index contributed by atoms with van der Waals surface area (Å²) in [6, 6.07) is 0. The average molecular weight is 282 g/mol. The van der Waals surface area contributed by atoms with Crippen LogP contribution in [0, 0.1) is 5.92 Å². The number of esters is 2. The van der Waals surface area contributed by atoms with E-state index in [1.807, 2.05) is 20.8 Å². The molecule has 0 heterocycles. The first-order valence-corrected chi connectivity index (χ1v) is 6.69. The Morgan fingerprint density at radius 3 is 1.95 bits per heavy atom. The second kappa shape index (κ2) is 7.27. The van der Waals surface area contributed by atoms with Gasteiger partial charge in [0.1, 0.15) is 11.2 Å². The van der Waals surface area contributed by atoms with E-state index in [-0.39, 0.29) is 5.97 Å². The van der Waals surface area contributed by atoms with E-state index in [1.165, 1.54) is 12.2 Å². The molecule has 0 aromatic carbocycles. The number of ether oxygens (including phenoxy) is 2. The molecule has 0 bridgehead atoms. The highest BCUT2D eigenvalue weighted by Crippen LogP contribution is 2.15. The minimum Gasteiger partial charge on any atom is -0.460 e. The van der Waals surface area contributed by atoms with Gasteiger partial charge >= 0.3 is 11.9 Å². The lowest BCUT2D eigenvalue weighted by atomic mass is 10.1. The molecule has 0 fully saturated rings. The second-order valence-corrected chi connectivity index (χ2v) is 6.55. The maximum Gasteiger partial charge on any atom is 0.330 e. The van der Waals surface area contributed by atoms with Gasteiger partial charge in [0, 0.05) is 6.08 Å². The molecule has 0 aliphatic carbocycles.